The Labute approximate surface area is 143 Å². The van der Waals surface area contributed by atoms with Gasteiger partial charge in [0.15, 0.2) is 6.20 Å². The van der Waals surface area contributed by atoms with Gasteiger partial charge in [-0.25, -0.2) is 0 Å². The standard InChI is InChI=1S/C18H17F3N2O2/c1-12(13-5-4-6-14(11-13)18(19,20)21)23(15-8-9-15)17(24)16-7-2-3-10-22(16)25/h2-7,10-12,15H,8-9H2,1H3/t12-/m1/s1. The molecule has 0 radical (unpaired) electrons. The van der Waals surface area contributed by atoms with Crippen molar-refractivity contribution in [3.05, 3.63) is 70.7 Å². The number of alkyl halides is 3. The van der Waals surface area contributed by atoms with Crippen LogP contribution in [0.2, 0.25) is 0 Å². The Bertz CT molecular complexity index is 788. The number of pyridine rings is 1. The van der Waals surface area contributed by atoms with Crippen molar-refractivity contribution in [2.45, 2.75) is 38.0 Å². The van der Waals surface area contributed by atoms with Crippen LogP contribution in [0.25, 0.3) is 0 Å². The molecule has 2 aromatic rings. The van der Waals surface area contributed by atoms with E-state index in [1.165, 1.54) is 29.3 Å². The van der Waals surface area contributed by atoms with Crippen molar-refractivity contribution in [1.29, 1.82) is 0 Å². The highest BCUT2D eigenvalue weighted by atomic mass is 19.4. The molecule has 4 nitrogen and oxygen atoms in total. The molecule has 1 fully saturated rings. The molecule has 0 aliphatic heterocycles. The van der Waals surface area contributed by atoms with Gasteiger partial charge in [-0.05, 0) is 43.5 Å². The second kappa shape index (κ2) is 6.38. The number of amides is 1. The number of carbonyl (C=O) groups excluding carboxylic acids is 1. The van der Waals surface area contributed by atoms with Crippen molar-refractivity contribution in [3.63, 3.8) is 0 Å². The second-order valence-corrected chi connectivity index (χ2v) is 6.15. The lowest BCUT2D eigenvalue weighted by molar-refractivity contribution is -0.608. The molecule has 1 heterocycles. The molecule has 3 rings (SSSR count). The van der Waals surface area contributed by atoms with Crippen LogP contribution in [-0.4, -0.2) is 16.8 Å². The van der Waals surface area contributed by atoms with Gasteiger partial charge in [0.25, 0.3) is 5.69 Å². The molecule has 1 aliphatic rings. The van der Waals surface area contributed by atoms with Gasteiger partial charge in [-0.15, -0.1) is 0 Å². The quantitative estimate of drug-likeness (QED) is 0.623. The first kappa shape index (κ1) is 17.3. The molecule has 1 aromatic carbocycles. The van der Waals surface area contributed by atoms with E-state index in [1.54, 1.807) is 19.1 Å². The van der Waals surface area contributed by atoms with Gasteiger partial charge in [-0.2, -0.15) is 17.9 Å². The minimum absolute atomic E-state index is 0.0341. The fourth-order valence-electron chi connectivity index (χ4n) is 2.87. The maximum Gasteiger partial charge on any atom is 0.416 e. The van der Waals surface area contributed by atoms with Crippen LogP contribution < -0.4 is 4.73 Å². The number of hydrogen-bond acceptors (Lipinski definition) is 2. The van der Waals surface area contributed by atoms with E-state index < -0.39 is 23.7 Å². The van der Waals surface area contributed by atoms with Crippen LogP contribution in [0.1, 0.15) is 47.4 Å². The summed E-state index contributed by atoms with van der Waals surface area (Å²) < 4.78 is 39.3. The second-order valence-electron chi connectivity index (χ2n) is 6.15. The van der Waals surface area contributed by atoms with Gasteiger partial charge in [-0.3, -0.25) is 4.79 Å². The van der Waals surface area contributed by atoms with Crippen LogP contribution in [-0.2, 0) is 6.18 Å². The van der Waals surface area contributed by atoms with Crippen LogP contribution in [0.4, 0.5) is 13.2 Å². The summed E-state index contributed by atoms with van der Waals surface area (Å²) in [4.78, 5) is 14.3. The van der Waals surface area contributed by atoms with Gasteiger partial charge in [0.1, 0.15) is 0 Å². The smallest absolute Gasteiger partial charge is 0.416 e. The zero-order chi connectivity index (χ0) is 18.2. The average Bonchev–Trinajstić information content (AvgIpc) is 3.39. The van der Waals surface area contributed by atoms with Crippen LogP contribution in [0.5, 0.6) is 0 Å². The summed E-state index contributed by atoms with van der Waals surface area (Å²) in [6.07, 6.45) is -1.66. The molecule has 132 valence electrons. The number of aromatic nitrogens is 1. The molecule has 1 aliphatic carbocycles. The molecule has 1 atom stereocenters. The predicted octanol–water partition coefficient (Wildman–Crippen LogP) is 3.70. The first-order chi connectivity index (χ1) is 11.8. The van der Waals surface area contributed by atoms with Crippen molar-refractivity contribution in [2.24, 2.45) is 0 Å². The highest BCUT2D eigenvalue weighted by Gasteiger charge is 2.40. The summed E-state index contributed by atoms with van der Waals surface area (Å²) in [5, 5.41) is 11.9. The number of carbonyl (C=O) groups is 1. The summed E-state index contributed by atoms with van der Waals surface area (Å²) in [6.45, 7) is 1.68. The number of hydrogen-bond donors (Lipinski definition) is 0. The molecule has 7 heteroatoms. The van der Waals surface area contributed by atoms with Gasteiger partial charge in [0.2, 0.25) is 0 Å². The molecule has 0 saturated heterocycles. The maximum atomic E-state index is 13.0. The molecule has 0 N–H and O–H groups in total. The van der Waals surface area contributed by atoms with Gasteiger partial charge in [0.05, 0.1) is 11.6 Å². The maximum absolute atomic E-state index is 13.0. The van der Waals surface area contributed by atoms with E-state index in [4.69, 9.17) is 0 Å². The van der Waals surface area contributed by atoms with Crippen molar-refractivity contribution in [1.82, 2.24) is 4.90 Å². The minimum atomic E-state index is -4.44. The van der Waals surface area contributed by atoms with Crippen LogP contribution in [0.3, 0.4) is 0 Å². The Hall–Kier alpha value is -2.57. The summed E-state index contributed by atoms with van der Waals surface area (Å²) in [5.41, 5.74) is -0.393. The van der Waals surface area contributed by atoms with Crippen molar-refractivity contribution >= 4 is 5.91 Å². The lowest BCUT2D eigenvalue weighted by atomic mass is 10.0. The third-order valence-electron chi connectivity index (χ3n) is 4.33. The predicted molar refractivity (Wildman–Crippen MR) is 84.5 cm³/mol. The fourth-order valence-corrected chi connectivity index (χ4v) is 2.87. The average molecular weight is 350 g/mol. The van der Waals surface area contributed by atoms with Crippen molar-refractivity contribution in [2.75, 3.05) is 0 Å². The van der Waals surface area contributed by atoms with E-state index in [9.17, 15) is 23.2 Å². The third-order valence-corrected chi connectivity index (χ3v) is 4.33. The van der Waals surface area contributed by atoms with Crippen LogP contribution in [0.15, 0.2) is 48.7 Å². The van der Waals surface area contributed by atoms with Crippen molar-refractivity contribution < 1.29 is 22.7 Å². The molecular weight excluding hydrogens is 333 g/mol. The van der Waals surface area contributed by atoms with E-state index in [2.05, 4.69) is 0 Å². The first-order valence-corrected chi connectivity index (χ1v) is 7.97. The Morgan fingerprint density at radius 2 is 1.96 bits per heavy atom. The Balaban J connectivity index is 1.94. The molecule has 1 aromatic heterocycles. The number of halogens is 3. The Morgan fingerprint density at radius 3 is 2.56 bits per heavy atom. The minimum Gasteiger partial charge on any atom is -0.618 e. The number of nitrogens with zero attached hydrogens (tertiary/aromatic N) is 2. The van der Waals surface area contributed by atoms with Gasteiger partial charge in [0, 0.05) is 18.2 Å². The molecular formula is C18H17F3N2O2. The van der Waals surface area contributed by atoms with E-state index in [1.807, 2.05) is 0 Å². The van der Waals surface area contributed by atoms with Gasteiger partial charge >= 0.3 is 12.1 Å². The highest BCUT2D eigenvalue weighted by molar-refractivity contribution is 5.91. The number of benzene rings is 1. The third kappa shape index (κ3) is 3.60. The van der Waals surface area contributed by atoms with E-state index in [0.29, 0.717) is 10.3 Å². The molecule has 25 heavy (non-hydrogen) atoms. The SMILES string of the molecule is C[C@H](c1cccc(C(F)(F)F)c1)N(C(=O)c1cccc[n+]1[O-])C1CC1. The van der Waals surface area contributed by atoms with Gasteiger partial charge in [-0.1, -0.05) is 12.1 Å². The van der Waals surface area contributed by atoms with Gasteiger partial charge < -0.3 is 10.1 Å². The molecule has 1 amide bonds. The first-order valence-electron chi connectivity index (χ1n) is 7.97. The summed E-state index contributed by atoms with van der Waals surface area (Å²) in [7, 11) is 0. The summed E-state index contributed by atoms with van der Waals surface area (Å²) in [5.74, 6) is -0.469. The van der Waals surface area contributed by atoms with Crippen LogP contribution in [0, 0.1) is 5.21 Å². The zero-order valence-electron chi connectivity index (χ0n) is 13.5. The lowest BCUT2D eigenvalue weighted by Crippen LogP contribution is -2.43. The molecule has 0 bridgehead atoms. The molecule has 0 spiro atoms. The zero-order valence-corrected chi connectivity index (χ0v) is 13.5. The van der Waals surface area contributed by atoms with E-state index in [-0.39, 0.29) is 11.7 Å². The molecule has 1 saturated carbocycles. The fraction of sp³-hybridized carbons (Fsp3) is 0.333. The van der Waals surface area contributed by atoms with Crippen molar-refractivity contribution in [3.8, 4) is 0 Å². The Kier molecular flexibility index (Phi) is 4.41. The Morgan fingerprint density at radius 1 is 1.24 bits per heavy atom. The van der Waals surface area contributed by atoms with E-state index >= 15 is 0 Å². The topological polar surface area (TPSA) is 47.2 Å². The number of rotatable bonds is 4. The lowest BCUT2D eigenvalue weighted by Gasteiger charge is -2.29. The monoisotopic (exact) mass is 350 g/mol. The summed E-state index contributed by atoms with van der Waals surface area (Å²) in [6, 6.07) is 8.86. The highest BCUT2D eigenvalue weighted by Crippen LogP contribution is 2.37. The summed E-state index contributed by atoms with van der Waals surface area (Å²) >= 11 is 0. The van der Waals surface area contributed by atoms with Crippen LogP contribution >= 0.6 is 0 Å². The van der Waals surface area contributed by atoms with E-state index in [0.717, 1.165) is 25.0 Å². The largest absolute Gasteiger partial charge is 0.618 e. The molecule has 0 unspecified atom stereocenters. The normalized spacial score (nSPS) is 15.7.